The molecular formula is C19H26N2O. The van der Waals surface area contributed by atoms with Gasteiger partial charge in [0.2, 0.25) is 0 Å². The van der Waals surface area contributed by atoms with Crippen LogP contribution in [0.1, 0.15) is 44.1 Å². The van der Waals surface area contributed by atoms with E-state index in [1.165, 1.54) is 50.0 Å². The first-order valence-corrected chi connectivity index (χ1v) is 9.05. The first-order valence-electron chi connectivity index (χ1n) is 9.05. The van der Waals surface area contributed by atoms with E-state index in [1.807, 2.05) is 0 Å². The van der Waals surface area contributed by atoms with Crippen molar-refractivity contribution in [1.82, 2.24) is 4.90 Å². The SMILES string of the molecule is CC[C@@]12CN3CC[C@H]1C[C@@H]3[C@H](C1CCNc3ccccc31)O2. The molecule has 5 fully saturated rings. The Hall–Kier alpha value is -1.06. The molecule has 3 heteroatoms. The third kappa shape index (κ3) is 1.70. The molecule has 1 aromatic rings. The van der Waals surface area contributed by atoms with Gasteiger partial charge in [-0.2, -0.15) is 0 Å². The van der Waals surface area contributed by atoms with Crippen molar-refractivity contribution in [2.75, 3.05) is 25.0 Å². The van der Waals surface area contributed by atoms with Crippen LogP contribution in [0.15, 0.2) is 24.3 Å². The summed E-state index contributed by atoms with van der Waals surface area (Å²) in [4.78, 5) is 2.75. The molecule has 0 spiro atoms. The van der Waals surface area contributed by atoms with Crippen LogP contribution in [0.4, 0.5) is 5.69 Å². The fourth-order valence-electron chi connectivity index (χ4n) is 5.69. The zero-order valence-corrected chi connectivity index (χ0v) is 13.4. The van der Waals surface area contributed by atoms with E-state index in [9.17, 15) is 0 Å². The predicted octanol–water partition coefficient (Wildman–Crippen LogP) is 3.23. The van der Waals surface area contributed by atoms with E-state index in [-0.39, 0.29) is 5.60 Å². The minimum atomic E-state index is 0.150. The van der Waals surface area contributed by atoms with E-state index >= 15 is 0 Å². The Morgan fingerprint density at radius 2 is 2.23 bits per heavy atom. The summed E-state index contributed by atoms with van der Waals surface area (Å²) in [6.45, 7) is 5.89. The van der Waals surface area contributed by atoms with Crippen LogP contribution in [0.5, 0.6) is 0 Å². The topological polar surface area (TPSA) is 24.5 Å². The molecule has 0 radical (unpaired) electrons. The summed E-state index contributed by atoms with van der Waals surface area (Å²) < 4.78 is 6.88. The Bertz CT molecular complexity index is 589. The van der Waals surface area contributed by atoms with Gasteiger partial charge in [-0.15, -0.1) is 0 Å². The normalized spacial score (nSPS) is 45.4. The smallest absolute Gasteiger partial charge is 0.0840 e. The molecule has 0 aliphatic carbocycles. The molecule has 1 aromatic carbocycles. The lowest BCUT2D eigenvalue weighted by Gasteiger charge is -2.65. The highest BCUT2D eigenvalue weighted by Crippen LogP contribution is 2.53. The number of hydrogen-bond donors (Lipinski definition) is 1. The lowest BCUT2D eigenvalue weighted by Crippen LogP contribution is -2.73. The minimum Gasteiger partial charge on any atom is -0.385 e. The molecule has 6 atom stereocenters. The van der Waals surface area contributed by atoms with Gasteiger partial charge in [-0.05, 0) is 49.8 Å². The van der Waals surface area contributed by atoms with Crippen LogP contribution in [0.25, 0.3) is 0 Å². The highest BCUT2D eigenvalue weighted by atomic mass is 16.5. The van der Waals surface area contributed by atoms with Crippen molar-refractivity contribution in [3.63, 3.8) is 0 Å². The molecule has 118 valence electrons. The third-order valence-electron chi connectivity index (χ3n) is 6.85. The van der Waals surface area contributed by atoms with Gasteiger partial charge in [0.25, 0.3) is 0 Å². The number of fused-ring (bicyclic) bond motifs is 3. The van der Waals surface area contributed by atoms with Gasteiger partial charge in [-0.3, -0.25) is 4.90 Å². The average molecular weight is 298 g/mol. The summed E-state index contributed by atoms with van der Waals surface area (Å²) in [5.41, 5.74) is 2.96. The second-order valence-corrected chi connectivity index (χ2v) is 7.67. The van der Waals surface area contributed by atoms with Crippen LogP contribution in [-0.2, 0) is 4.74 Å². The molecule has 4 bridgehead atoms. The molecule has 22 heavy (non-hydrogen) atoms. The van der Waals surface area contributed by atoms with Gasteiger partial charge in [-0.1, -0.05) is 25.1 Å². The van der Waals surface area contributed by atoms with Crippen LogP contribution >= 0.6 is 0 Å². The monoisotopic (exact) mass is 298 g/mol. The lowest BCUT2D eigenvalue weighted by atomic mass is 9.65. The number of benzene rings is 1. The van der Waals surface area contributed by atoms with Crippen molar-refractivity contribution in [3.05, 3.63) is 29.8 Å². The molecule has 5 saturated heterocycles. The number of para-hydroxylation sites is 1. The van der Waals surface area contributed by atoms with E-state index < -0.39 is 0 Å². The Kier molecular flexibility index (Phi) is 2.87. The molecule has 0 aromatic heterocycles. The first kappa shape index (κ1) is 13.4. The molecule has 0 amide bonds. The maximum atomic E-state index is 6.88. The number of rotatable bonds is 2. The van der Waals surface area contributed by atoms with Crippen LogP contribution in [0.3, 0.4) is 0 Å². The van der Waals surface area contributed by atoms with Gasteiger partial charge in [0, 0.05) is 30.7 Å². The number of morpholine rings is 1. The number of nitrogens with zero attached hydrogens (tertiary/aromatic N) is 1. The molecule has 6 aliphatic rings. The van der Waals surface area contributed by atoms with Crippen molar-refractivity contribution in [2.24, 2.45) is 5.92 Å². The molecule has 3 nitrogen and oxygen atoms in total. The highest BCUT2D eigenvalue weighted by Gasteiger charge is 2.59. The van der Waals surface area contributed by atoms with Crippen molar-refractivity contribution >= 4 is 5.69 Å². The zero-order chi connectivity index (χ0) is 14.7. The number of ether oxygens (including phenoxy) is 1. The van der Waals surface area contributed by atoms with Gasteiger partial charge in [0.05, 0.1) is 11.7 Å². The van der Waals surface area contributed by atoms with Crippen LogP contribution in [0, 0.1) is 5.92 Å². The summed E-state index contributed by atoms with van der Waals surface area (Å²) in [5, 5.41) is 3.56. The maximum Gasteiger partial charge on any atom is 0.0840 e. The lowest BCUT2D eigenvalue weighted by molar-refractivity contribution is -0.277. The van der Waals surface area contributed by atoms with Crippen LogP contribution < -0.4 is 5.32 Å². The van der Waals surface area contributed by atoms with Gasteiger partial charge < -0.3 is 10.1 Å². The average Bonchev–Trinajstić information content (AvgIpc) is 2.61. The van der Waals surface area contributed by atoms with Crippen LogP contribution in [-0.4, -0.2) is 42.3 Å². The standard InChI is InChI=1S/C19H26N2O/c1-2-19-12-21-10-8-13(19)11-17(21)18(22-19)15-7-9-20-16-6-4-3-5-14(15)16/h3-6,13,15,17-18,20H,2,7-12H2,1H3/t13-,15?,17+,18-,19+/m0/s1. The quantitative estimate of drug-likeness (QED) is 0.907. The summed E-state index contributed by atoms with van der Waals surface area (Å²) in [5.74, 6) is 1.37. The van der Waals surface area contributed by atoms with Gasteiger partial charge >= 0.3 is 0 Å². The van der Waals surface area contributed by atoms with Gasteiger partial charge in [-0.25, -0.2) is 0 Å². The maximum absolute atomic E-state index is 6.88. The van der Waals surface area contributed by atoms with E-state index in [0.29, 0.717) is 18.1 Å². The van der Waals surface area contributed by atoms with Gasteiger partial charge in [0.15, 0.2) is 0 Å². The minimum absolute atomic E-state index is 0.150. The van der Waals surface area contributed by atoms with Gasteiger partial charge in [0.1, 0.15) is 0 Å². The summed E-state index contributed by atoms with van der Waals surface area (Å²) >= 11 is 0. The first-order chi connectivity index (χ1) is 10.8. The third-order valence-corrected chi connectivity index (χ3v) is 6.85. The van der Waals surface area contributed by atoms with Crippen molar-refractivity contribution < 1.29 is 4.74 Å². The molecule has 7 rings (SSSR count). The summed E-state index contributed by atoms with van der Waals surface area (Å²) in [6.07, 6.45) is 5.49. The number of nitrogens with one attached hydrogen (secondary N) is 1. The summed E-state index contributed by atoms with van der Waals surface area (Å²) in [7, 11) is 0. The second-order valence-electron chi connectivity index (χ2n) is 7.67. The molecule has 6 heterocycles. The Morgan fingerprint density at radius 3 is 3.05 bits per heavy atom. The number of piperidine rings is 3. The van der Waals surface area contributed by atoms with E-state index in [0.717, 1.165) is 12.5 Å². The van der Waals surface area contributed by atoms with E-state index in [4.69, 9.17) is 4.74 Å². The van der Waals surface area contributed by atoms with E-state index in [1.54, 1.807) is 0 Å². The molecule has 0 saturated carbocycles. The van der Waals surface area contributed by atoms with Crippen molar-refractivity contribution in [3.8, 4) is 0 Å². The predicted molar refractivity (Wildman–Crippen MR) is 88.3 cm³/mol. The van der Waals surface area contributed by atoms with Crippen molar-refractivity contribution in [1.29, 1.82) is 0 Å². The number of hydrogen-bond acceptors (Lipinski definition) is 3. The summed E-state index contributed by atoms with van der Waals surface area (Å²) in [6, 6.07) is 9.51. The van der Waals surface area contributed by atoms with Crippen molar-refractivity contribution in [2.45, 2.75) is 56.3 Å². The Morgan fingerprint density at radius 1 is 1.32 bits per heavy atom. The second kappa shape index (κ2) is 4.72. The fraction of sp³-hybridized carbons (Fsp3) is 0.684. The van der Waals surface area contributed by atoms with Crippen LogP contribution in [0.2, 0.25) is 0 Å². The largest absolute Gasteiger partial charge is 0.385 e. The Balaban J connectivity index is 1.52. The molecular weight excluding hydrogens is 272 g/mol. The molecule has 2 unspecified atom stereocenters. The zero-order valence-electron chi connectivity index (χ0n) is 13.4. The fourth-order valence-corrected chi connectivity index (χ4v) is 5.69. The molecule has 1 N–H and O–H groups in total. The van der Waals surface area contributed by atoms with E-state index in [2.05, 4.69) is 41.4 Å². The molecule has 6 aliphatic heterocycles. The number of anilines is 1. The highest BCUT2D eigenvalue weighted by molar-refractivity contribution is 5.55. The Labute approximate surface area is 133 Å².